The predicted octanol–water partition coefficient (Wildman–Crippen LogP) is 3.61. The first-order chi connectivity index (χ1) is 12.1. The number of hydrogen-bond acceptors (Lipinski definition) is 4. The third-order valence-electron chi connectivity index (χ3n) is 6.30. The molecule has 0 atom stereocenters. The van der Waals surface area contributed by atoms with E-state index in [1.807, 2.05) is 0 Å². The molecule has 0 N–H and O–H groups in total. The summed E-state index contributed by atoms with van der Waals surface area (Å²) in [6, 6.07) is 0. The fourth-order valence-corrected chi connectivity index (χ4v) is 5.69. The van der Waals surface area contributed by atoms with Gasteiger partial charge < -0.3 is 4.74 Å². The van der Waals surface area contributed by atoms with Crippen molar-refractivity contribution in [3.05, 3.63) is 0 Å². The largest absolute Gasteiger partial charge is 0.465 e. The molecule has 0 saturated heterocycles. The molecular formula is C17H24F4O4S. The Morgan fingerprint density at radius 3 is 1.96 bits per heavy atom. The van der Waals surface area contributed by atoms with E-state index in [4.69, 9.17) is 4.74 Å². The fourth-order valence-electron chi connectivity index (χ4n) is 5.31. The summed E-state index contributed by atoms with van der Waals surface area (Å²) < 4.78 is 78.2. The van der Waals surface area contributed by atoms with Gasteiger partial charge in [0.1, 0.15) is 0 Å². The number of esters is 1. The highest BCUT2D eigenvalue weighted by Gasteiger charge is 2.58. The molecule has 0 aliphatic heterocycles. The van der Waals surface area contributed by atoms with Crippen molar-refractivity contribution in [2.24, 2.45) is 29.6 Å². The highest BCUT2D eigenvalue weighted by molar-refractivity contribution is 7.73. The van der Waals surface area contributed by atoms with E-state index in [1.165, 1.54) is 6.42 Å². The molecule has 0 spiro atoms. The number of alkyl halides is 4. The fraction of sp³-hybridized carbons (Fsp3) is 0.941. The number of thiol groups is 1. The molecule has 4 rings (SSSR count). The summed E-state index contributed by atoms with van der Waals surface area (Å²) in [6.07, 6.45) is 3.88. The highest BCUT2D eigenvalue weighted by Crippen LogP contribution is 2.56. The van der Waals surface area contributed by atoms with E-state index in [0.717, 1.165) is 37.5 Å². The summed E-state index contributed by atoms with van der Waals surface area (Å²) in [5.41, 5.74) is 0. The Kier molecular flexibility index (Phi) is 5.57. The van der Waals surface area contributed by atoms with Crippen molar-refractivity contribution >= 4 is 16.7 Å². The summed E-state index contributed by atoms with van der Waals surface area (Å²) in [6.45, 7) is -0.104. The molecule has 0 aromatic carbocycles. The predicted molar refractivity (Wildman–Crippen MR) is 85.6 cm³/mol. The smallest absolute Gasteiger partial charge is 0.404 e. The van der Waals surface area contributed by atoms with Gasteiger partial charge >= 0.3 is 17.1 Å². The Labute approximate surface area is 151 Å². The lowest BCUT2D eigenvalue weighted by Crippen LogP contribution is -2.48. The van der Waals surface area contributed by atoms with Gasteiger partial charge in [-0.05, 0) is 68.6 Å². The van der Waals surface area contributed by atoms with Crippen molar-refractivity contribution in [1.29, 1.82) is 0 Å². The monoisotopic (exact) mass is 400 g/mol. The minimum Gasteiger partial charge on any atom is -0.465 e. The van der Waals surface area contributed by atoms with Crippen LogP contribution in [0.1, 0.15) is 51.4 Å². The van der Waals surface area contributed by atoms with E-state index in [2.05, 4.69) is 0 Å². The first-order valence-corrected chi connectivity index (χ1v) is 10.4. The highest BCUT2D eigenvalue weighted by atomic mass is 32.2. The molecule has 9 heteroatoms. The third kappa shape index (κ3) is 3.73. The molecule has 0 heterocycles. The number of carbonyl (C=O) groups excluding carboxylic acids is 1. The summed E-state index contributed by atoms with van der Waals surface area (Å²) in [7, 11) is -4.55. The molecule has 0 amide bonds. The maximum absolute atomic E-state index is 13.3. The second kappa shape index (κ2) is 7.28. The molecule has 0 aromatic heterocycles. The zero-order valence-corrected chi connectivity index (χ0v) is 15.2. The van der Waals surface area contributed by atoms with Crippen LogP contribution in [-0.2, 0) is 20.2 Å². The van der Waals surface area contributed by atoms with Gasteiger partial charge in [-0.3, -0.25) is 4.79 Å². The van der Waals surface area contributed by atoms with E-state index < -0.39 is 28.3 Å². The lowest BCUT2D eigenvalue weighted by atomic mass is 9.52. The van der Waals surface area contributed by atoms with Crippen molar-refractivity contribution in [3.8, 4) is 0 Å². The van der Waals surface area contributed by atoms with Crippen molar-refractivity contribution in [2.75, 3.05) is 6.61 Å². The van der Waals surface area contributed by atoms with Crippen LogP contribution in [0.15, 0.2) is 0 Å². The van der Waals surface area contributed by atoms with Crippen molar-refractivity contribution in [1.82, 2.24) is 0 Å². The minimum absolute atomic E-state index is 0.000351. The van der Waals surface area contributed by atoms with Gasteiger partial charge in [-0.1, -0.05) is 0 Å². The first kappa shape index (κ1) is 19.9. The van der Waals surface area contributed by atoms with Crippen LogP contribution in [0, 0.1) is 29.6 Å². The average molecular weight is 400 g/mol. The van der Waals surface area contributed by atoms with Crippen LogP contribution >= 0.6 is 0 Å². The molecule has 4 saturated carbocycles. The molecule has 0 unspecified atom stereocenters. The summed E-state index contributed by atoms with van der Waals surface area (Å²) in [5, 5.41) is -5.06. The average Bonchev–Trinajstić information content (AvgIpc) is 2.53. The van der Waals surface area contributed by atoms with E-state index in [1.54, 1.807) is 0 Å². The van der Waals surface area contributed by atoms with Crippen molar-refractivity contribution in [3.63, 3.8) is 0 Å². The zero-order chi connectivity index (χ0) is 19.1. The molecule has 4 bridgehead atoms. The van der Waals surface area contributed by atoms with Gasteiger partial charge in [-0.2, -0.15) is 17.6 Å². The maximum Gasteiger partial charge on any atom is 0.404 e. The van der Waals surface area contributed by atoms with Gasteiger partial charge in [0.05, 0.1) is 12.5 Å². The van der Waals surface area contributed by atoms with Crippen molar-refractivity contribution < 1.29 is 35.5 Å². The first-order valence-electron chi connectivity index (χ1n) is 9.18. The third-order valence-corrected chi connectivity index (χ3v) is 7.08. The van der Waals surface area contributed by atoms with Crippen molar-refractivity contribution in [2.45, 2.75) is 62.5 Å². The van der Waals surface area contributed by atoms with Crippen LogP contribution < -0.4 is 0 Å². The molecule has 0 radical (unpaired) electrons. The van der Waals surface area contributed by atoms with Crippen LogP contribution in [0.4, 0.5) is 17.6 Å². The van der Waals surface area contributed by atoms with Crippen LogP contribution in [-0.4, -0.2) is 32.2 Å². The Hall–Kier alpha value is -0.860. The number of carbonyl (C=O) groups is 1. The van der Waals surface area contributed by atoms with E-state index in [-0.39, 0.29) is 31.3 Å². The number of halogens is 4. The van der Waals surface area contributed by atoms with E-state index >= 15 is 0 Å². The van der Waals surface area contributed by atoms with Gasteiger partial charge in [0.15, 0.2) is 0 Å². The van der Waals surface area contributed by atoms with Crippen LogP contribution in [0.25, 0.3) is 0 Å². The molecule has 150 valence electrons. The van der Waals surface area contributed by atoms with Crippen LogP contribution in [0.5, 0.6) is 0 Å². The number of ether oxygens (including phenoxy) is 1. The SMILES string of the molecule is O=C(OCCCCC(F)(F)C(F)(F)[SH](=O)=O)C1C2CC3CC(C2)CC1C3. The van der Waals surface area contributed by atoms with E-state index in [0.29, 0.717) is 11.8 Å². The number of rotatable bonds is 8. The Bertz CT molecular complexity index is 584. The number of hydrogen-bond donors (Lipinski definition) is 1. The Balaban J connectivity index is 1.41. The molecule has 4 aliphatic rings. The van der Waals surface area contributed by atoms with E-state index in [9.17, 15) is 30.8 Å². The van der Waals surface area contributed by atoms with Gasteiger partial charge in [0, 0.05) is 6.42 Å². The Morgan fingerprint density at radius 1 is 0.923 bits per heavy atom. The normalized spacial score (nSPS) is 33.7. The molecule has 4 nitrogen and oxygen atoms in total. The maximum atomic E-state index is 13.3. The summed E-state index contributed by atoms with van der Waals surface area (Å²) >= 11 is 0. The molecule has 4 aliphatic carbocycles. The minimum atomic E-state index is -5.06. The number of unbranched alkanes of at least 4 members (excludes halogenated alkanes) is 1. The summed E-state index contributed by atoms with van der Waals surface area (Å²) in [5.74, 6) is -2.87. The standard InChI is InChI=1S/C17H24F4O4S/c18-16(19,17(20,21)26(23)24)3-1-2-4-25-15(22)14-12-6-10-5-11(8-12)9-13(14)7-10/h10-14,26H,1-9H2. The zero-order valence-electron chi connectivity index (χ0n) is 14.3. The molecular weight excluding hydrogens is 376 g/mol. The lowest BCUT2D eigenvalue weighted by Gasteiger charge is -2.53. The van der Waals surface area contributed by atoms with Gasteiger partial charge in [-0.25, -0.2) is 8.42 Å². The molecule has 0 aromatic rings. The summed E-state index contributed by atoms with van der Waals surface area (Å²) in [4.78, 5) is 12.4. The topological polar surface area (TPSA) is 60.4 Å². The van der Waals surface area contributed by atoms with Crippen LogP contribution in [0.2, 0.25) is 0 Å². The van der Waals surface area contributed by atoms with Crippen LogP contribution in [0.3, 0.4) is 0 Å². The Morgan fingerprint density at radius 2 is 1.46 bits per heavy atom. The van der Waals surface area contributed by atoms with Gasteiger partial charge in [0.2, 0.25) is 10.7 Å². The molecule has 26 heavy (non-hydrogen) atoms. The second-order valence-electron chi connectivity index (χ2n) is 8.08. The van der Waals surface area contributed by atoms with Gasteiger partial charge in [-0.15, -0.1) is 0 Å². The molecule has 4 fully saturated rings. The van der Waals surface area contributed by atoms with Gasteiger partial charge in [0.25, 0.3) is 0 Å². The second-order valence-corrected chi connectivity index (χ2v) is 9.16. The lowest BCUT2D eigenvalue weighted by molar-refractivity contribution is -0.164. The quantitative estimate of drug-likeness (QED) is 0.293.